The van der Waals surface area contributed by atoms with E-state index in [1.165, 1.54) is 0 Å². The first-order valence-corrected chi connectivity index (χ1v) is 12.5. The number of benzene rings is 1. The predicted molar refractivity (Wildman–Crippen MR) is 130 cm³/mol. The summed E-state index contributed by atoms with van der Waals surface area (Å²) in [5.41, 5.74) is 1.70. The summed E-state index contributed by atoms with van der Waals surface area (Å²) in [6.07, 6.45) is 3.08. The Hall–Kier alpha value is -2.08. The highest BCUT2D eigenvalue weighted by molar-refractivity contribution is 9.10. The van der Waals surface area contributed by atoms with Gasteiger partial charge in [0.2, 0.25) is 0 Å². The van der Waals surface area contributed by atoms with Gasteiger partial charge >= 0.3 is 0 Å². The van der Waals surface area contributed by atoms with Gasteiger partial charge in [0.05, 0.1) is 13.7 Å². The van der Waals surface area contributed by atoms with Crippen molar-refractivity contribution in [3.8, 4) is 11.5 Å². The number of methoxy groups -OCH3 is 1. The van der Waals surface area contributed by atoms with E-state index in [0.717, 1.165) is 16.5 Å². The number of allylic oxidation sites excluding steroid dienone is 4. The fourth-order valence-corrected chi connectivity index (χ4v) is 5.79. The van der Waals surface area contributed by atoms with Gasteiger partial charge in [0.15, 0.2) is 23.1 Å². The molecule has 3 aliphatic rings. The van der Waals surface area contributed by atoms with E-state index in [9.17, 15) is 9.59 Å². The Bertz CT molecular complexity index is 1020. The monoisotopic (exact) mass is 516 g/mol. The molecule has 0 atom stereocenters. The molecule has 1 aromatic rings. The van der Waals surface area contributed by atoms with Crippen LogP contribution in [0.2, 0.25) is 0 Å². The molecule has 1 aliphatic heterocycles. The Kier molecular flexibility index (Phi) is 6.27. The number of carbonyl (C=O) groups is 2. The zero-order chi connectivity index (χ0) is 24.1. The van der Waals surface area contributed by atoms with Crippen LogP contribution in [0.4, 0.5) is 0 Å². The van der Waals surface area contributed by atoms with Crippen molar-refractivity contribution in [3.05, 3.63) is 44.8 Å². The third-order valence-corrected chi connectivity index (χ3v) is 7.32. The van der Waals surface area contributed by atoms with Crippen LogP contribution in [0.3, 0.4) is 0 Å². The third-order valence-electron chi connectivity index (χ3n) is 6.64. The van der Waals surface area contributed by atoms with E-state index in [1.54, 1.807) is 7.11 Å². The predicted octanol–water partition coefficient (Wildman–Crippen LogP) is 6.65. The van der Waals surface area contributed by atoms with Crippen molar-refractivity contribution in [1.82, 2.24) is 0 Å². The van der Waals surface area contributed by atoms with Gasteiger partial charge in [-0.1, -0.05) is 50.5 Å². The maximum atomic E-state index is 13.5. The van der Waals surface area contributed by atoms with Crippen LogP contribution in [-0.2, 0) is 14.3 Å². The highest BCUT2D eigenvalue weighted by Crippen LogP contribution is 2.55. The second-order valence-electron chi connectivity index (χ2n) is 11.0. The topological polar surface area (TPSA) is 61.8 Å². The van der Waals surface area contributed by atoms with Gasteiger partial charge in [0.1, 0.15) is 11.5 Å². The Morgan fingerprint density at radius 2 is 1.48 bits per heavy atom. The van der Waals surface area contributed by atoms with Crippen LogP contribution in [0.25, 0.3) is 0 Å². The van der Waals surface area contributed by atoms with Crippen molar-refractivity contribution in [2.75, 3.05) is 13.7 Å². The van der Waals surface area contributed by atoms with Gasteiger partial charge in [-0.25, -0.2) is 0 Å². The van der Waals surface area contributed by atoms with Crippen molar-refractivity contribution in [2.45, 2.75) is 72.6 Å². The standard InChI is InChI=1S/C27H33BrO5/c1-7-8-32-20-10-16(28)15(9-19(20)31-6)23-24-17(29)11-26(2,3)13-21(24)33-22-14-27(4,5)12-18(30)25(22)23/h9-10,23H,7-8,11-14H2,1-6H3. The number of carbonyl (C=O) groups excluding carboxylic acids is 2. The van der Waals surface area contributed by atoms with Crippen LogP contribution in [0.1, 0.15) is 78.2 Å². The molecule has 0 fully saturated rings. The minimum absolute atomic E-state index is 0.0487. The molecule has 178 valence electrons. The van der Waals surface area contributed by atoms with Crippen molar-refractivity contribution >= 4 is 27.5 Å². The van der Waals surface area contributed by atoms with Gasteiger partial charge in [-0.05, 0) is 34.9 Å². The van der Waals surface area contributed by atoms with Crippen LogP contribution >= 0.6 is 15.9 Å². The summed E-state index contributed by atoms with van der Waals surface area (Å²) in [7, 11) is 1.60. The average molecular weight is 517 g/mol. The molecule has 0 unspecified atom stereocenters. The summed E-state index contributed by atoms with van der Waals surface area (Å²) in [5, 5.41) is 0. The van der Waals surface area contributed by atoms with Crippen LogP contribution in [0.15, 0.2) is 39.3 Å². The lowest BCUT2D eigenvalue weighted by Crippen LogP contribution is -2.37. The van der Waals surface area contributed by atoms with Gasteiger partial charge in [-0.15, -0.1) is 0 Å². The fourth-order valence-electron chi connectivity index (χ4n) is 5.24. The van der Waals surface area contributed by atoms with Crippen LogP contribution in [0.5, 0.6) is 11.5 Å². The van der Waals surface area contributed by atoms with Crippen LogP contribution < -0.4 is 9.47 Å². The highest BCUT2D eigenvalue weighted by Gasteiger charge is 2.48. The number of hydrogen-bond donors (Lipinski definition) is 0. The van der Waals surface area contributed by atoms with E-state index in [2.05, 4.69) is 43.6 Å². The average Bonchev–Trinajstić information content (AvgIpc) is 2.69. The van der Waals surface area contributed by atoms with E-state index >= 15 is 0 Å². The van der Waals surface area contributed by atoms with Crippen LogP contribution in [-0.4, -0.2) is 25.3 Å². The maximum absolute atomic E-state index is 13.5. The number of ether oxygens (including phenoxy) is 3. The Labute approximate surface area is 204 Å². The minimum Gasteiger partial charge on any atom is -0.493 e. The van der Waals surface area contributed by atoms with E-state index in [4.69, 9.17) is 14.2 Å². The SMILES string of the molecule is CCCOc1cc(Br)c(C2C3=C(CC(C)(C)CC3=O)OC3=C2C(=O)CC(C)(C)C3)cc1OC. The second-order valence-corrected chi connectivity index (χ2v) is 11.8. The Balaban J connectivity index is 1.92. The normalized spacial score (nSPS) is 22.0. The lowest BCUT2D eigenvalue weighted by atomic mass is 9.65. The number of halogens is 1. The molecule has 0 aromatic heterocycles. The molecule has 0 amide bonds. The van der Waals surface area contributed by atoms with Gasteiger partial charge < -0.3 is 14.2 Å². The van der Waals surface area contributed by atoms with Gasteiger partial charge in [-0.3, -0.25) is 9.59 Å². The number of rotatable bonds is 5. The van der Waals surface area contributed by atoms with Crippen molar-refractivity contribution in [3.63, 3.8) is 0 Å². The van der Waals surface area contributed by atoms with Crippen molar-refractivity contribution in [1.29, 1.82) is 0 Å². The van der Waals surface area contributed by atoms with Gasteiger partial charge in [0, 0.05) is 47.2 Å². The number of ketones is 2. The largest absolute Gasteiger partial charge is 0.493 e. The lowest BCUT2D eigenvalue weighted by Gasteiger charge is -2.43. The zero-order valence-corrected chi connectivity index (χ0v) is 22.0. The van der Waals surface area contributed by atoms with Crippen molar-refractivity contribution in [2.24, 2.45) is 10.8 Å². The zero-order valence-electron chi connectivity index (χ0n) is 20.4. The summed E-state index contributed by atoms with van der Waals surface area (Å²) in [5.74, 6) is 2.27. The van der Waals surface area contributed by atoms with Gasteiger partial charge in [-0.2, -0.15) is 0 Å². The number of hydrogen-bond acceptors (Lipinski definition) is 5. The molecule has 2 aliphatic carbocycles. The molecular weight excluding hydrogens is 484 g/mol. The Morgan fingerprint density at radius 3 is 1.97 bits per heavy atom. The molecule has 0 N–H and O–H groups in total. The molecule has 0 spiro atoms. The van der Waals surface area contributed by atoms with Gasteiger partial charge in [0.25, 0.3) is 0 Å². The first kappa shape index (κ1) is 24.1. The molecular formula is C27H33BrO5. The number of Topliss-reactive ketones (excluding diaryl/α,β-unsaturated/α-hetero) is 2. The van der Waals surface area contributed by atoms with Crippen molar-refractivity contribution < 1.29 is 23.8 Å². The molecule has 6 heteroatoms. The van der Waals surface area contributed by atoms with E-state index in [-0.39, 0.29) is 22.4 Å². The molecule has 0 saturated heterocycles. The quantitative estimate of drug-likeness (QED) is 0.438. The highest BCUT2D eigenvalue weighted by atomic mass is 79.9. The third kappa shape index (κ3) is 4.51. The summed E-state index contributed by atoms with van der Waals surface area (Å²) in [6, 6.07) is 3.79. The summed E-state index contributed by atoms with van der Waals surface area (Å²) >= 11 is 3.71. The second kappa shape index (κ2) is 8.61. The molecule has 33 heavy (non-hydrogen) atoms. The first-order valence-electron chi connectivity index (χ1n) is 11.7. The Morgan fingerprint density at radius 1 is 0.939 bits per heavy atom. The molecule has 5 nitrogen and oxygen atoms in total. The van der Waals surface area contributed by atoms with E-state index in [1.807, 2.05) is 19.1 Å². The maximum Gasteiger partial charge on any atom is 0.163 e. The minimum atomic E-state index is -0.473. The van der Waals surface area contributed by atoms with E-state index < -0.39 is 5.92 Å². The lowest BCUT2D eigenvalue weighted by molar-refractivity contribution is -0.120. The van der Waals surface area contributed by atoms with Crippen LogP contribution in [0, 0.1) is 10.8 Å². The smallest absolute Gasteiger partial charge is 0.163 e. The molecule has 1 aromatic carbocycles. The summed E-state index contributed by atoms with van der Waals surface area (Å²) in [6.45, 7) is 11.0. The summed E-state index contributed by atoms with van der Waals surface area (Å²) in [4.78, 5) is 26.9. The van der Waals surface area contributed by atoms with E-state index in [0.29, 0.717) is 66.5 Å². The molecule has 1 heterocycles. The molecule has 0 bridgehead atoms. The molecule has 0 radical (unpaired) electrons. The first-order chi connectivity index (χ1) is 15.5. The molecule has 4 rings (SSSR count). The fraction of sp³-hybridized carbons (Fsp3) is 0.556. The summed E-state index contributed by atoms with van der Waals surface area (Å²) < 4.78 is 18.7. The molecule has 0 saturated carbocycles.